The minimum Gasteiger partial charge on any atom is -0.444 e. The monoisotopic (exact) mass is 401 g/mol. The molecule has 0 bridgehead atoms. The smallest absolute Gasteiger partial charge is 0.420 e. The lowest BCUT2D eigenvalue weighted by Gasteiger charge is -2.33. The van der Waals surface area contributed by atoms with Gasteiger partial charge in [-0.05, 0) is 66.5 Å². The van der Waals surface area contributed by atoms with E-state index in [9.17, 15) is 9.59 Å². The Labute approximate surface area is 172 Å². The molecule has 0 unspecified atom stereocenters. The Morgan fingerprint density at radius 1 is 0.931 bits per heavy atom. The summed E-state index contributed by atoms with van der Waals surface area (Å²) in [6, 6.07) is 7.57. The maximum Gasteiger partial charge on any atom is 0.420 e. The van der Waals surface area contributed by atoms with E-state index < -0.39 is 17.3 Å². The summed E-state index contributed by atoms with van der Waals surface area (Å²) in [7, 11) is 0. The number of imidazole rings is 1. The largest absolute Gasteiger partial charge is 0.444 e. The molecule has 0 radical (unpaired) electrons. The third-order valence-corrected chi connectivity index (χ3v) is 4.67. The summed E-state index contributed by atoms with van der Waals surface area (Å²) >= 11 is 0. The number of amides is 1. The molecule has 1 aliphatic heterocycles. The molecule has 1 aromatic heterocycles. The van der Waals surface area contributed by atoms with Gasteiger partial charge >= 0.3 is 12.2 Å². The third-order valence-electron chi connectivity index (χ3n) is 4.67. The lowest BCUT2D eigenvalue weighted by atomic mass is 9.96. The highest BCUT2D eigenvalue weighted by Crippen LogP contribution is 2.31. The van der Waals surface area contributed by atoms with E-state index in [1.165, 1.54) is 0 Å². The van der Waals surface area contributed by atoms with Gasteiger partial charge in [-0.15, -0.1) is 0 Å². The van der Waals surface area contributed by atoms with Crippen LogP contribution in [0.3, 0.4) is 0 Å². The van der Waals surface area contributed by atoms with E-state index in [-0.39, 0.29) is 12.0 Å². The van der Waals surface area contributed by atoms with Gasteiger partial charge in [-0.1, -0.05) is 12.1 Å². The molecule has 2 heterocycles. The van der Waals surface area contributed by atoms with Gasteiger partial charge in [0.2, 0.25) is 0 Å². The van der Waals surface area contributed by atoms with Crippen LogP contribution in [0.5, 0.6) is 0 Å². The zero-order valence-electron chi connectivity index (χ0n) is 18.2. The molecule has 2 aromatic rings. The van der Waals surface area contributed by atoms with Crippen molar-refractivity contribution in [1.82, 2.24) is 14.5 Å². The van der Waals surface area contributed by atoms with Gasteiger partial charge < -0.3 is 14.4 Å². The second-order valence-corrected chi connectivity index (χ2v) is 9.52. The number of ether oxygens (including phenoxy) is 2. The second kappa shape index (κ2) is 7.69. The summed E-state index contributed by atoms with van der Waals surface area (Å²) in [5.74, 6) is 0.762. The zero-order chi connectivity index (χ0) is 21.4. The normalized spacial score (nSPS) is 16.1. The Hall–Kier alpha value is -2.57. The number of carbonyl (C=O) groups is 2. The number of hydrogen-bond donors (Lipinski definition) is 0. The first-order chi connectivity index (χ1) is 13.4. The van der Waals surface area contributed by atoms with Crippen molar-refractivity contribution in [2.75, 3.05) is 13.1 Å². The van der Waals surface area contributed by atoms with Crippen LogP contribution in [0.2, 0.25) is 0 Å². The van der Waals surface area contributed by atoms with Gasteiger partial charge in [-0.2, -0.15) is 0 Å². The van der Waals surface area contributed by atoms with E-state index in [0.717, 1.165) is 11.0 Å². The van der Waals surface area contributed by atoms with Crippen molar-refractivity contribution in [3.05, 3.63) is 30.1 Å². The minimum absolute atomic E-state index is 0.0635. The number of para-hydroxylation sites is 2. The van der Waals surface area contributed by atoms with E-state index in [1.54, 1.807) is 9.47 Å². The van der Waals surface area contributed by atoms with Crippen molar-refractivity contribution in [2.45, 2.75) is 71.5 Å². The average Bonchev–Trinajstić information content (AvgIpc) is 2.98. The first-order valence-corrected chi connectivity index (χ1v) is 10.1. The number of piperidine rings is 1. The molecule has 1 aromatic carbocycles. The topological polar surface area (TPSA) is 73.7 Å². The molecule has 7 nitrogen and oxygen atoms in total. The second-order valence-electron chi connectivity index (χ2n) is 9.52. The highest BCUT2D eigenvalue weighted by atomic mass is 16.6. The third kappa shape index (κ3) is 5.08. The van der Waals surface area contributed by atoms with Crippen LogP contribution >= 0.6 is 0 Å². The Bertz CT molecular complexity index is 897. The van der Waals surface area contributed by atoms with Crippen LogP contribution in [0.1, 0.15) is 66.1 Å². The lowest BCUT2D eigenvalue weighted by Crippen LogP contribution is -2.41. The molecular weight excluding hydrogens is 370 g/mol. The van der Waals surface area contributed by atoms with E-state index in [0.29, 0.717) is 31.8 Å². The van der Waals surface area contributed by atoms with Gasteiger partial charge in [0.15, 0.2) is 0 Å². The predicted octanol–water partition coefficient (Wildman–Crippen LogP) is 4.93. The molecule has 29 heavy (non-hydrogen) atoms. The zero-order valence-corrected chi connectivity index (χ0v) is 18.2. The van der Waals surface area contributed by atoms with Crippen LogP contribution in [0, 0.1) is 0 Å². The van der Waals surface area contributed by atoms with Crippen LogP contribution < -0.4 is 0 Å². The molecule has 0 atom stereocenters. The molecule has 7 heteroatoms. The fourth-order valence-corrected chi connectivity index (χ4v) is 3.46. The van der Waals surface area contributed by atoms with Crippen molar-refractivity contribution in [3.8, 4) is 0 Å². The van der Waals surface area contributed by atoms with Crippen molar-refractivity contribution in [3.63, 3.8) is 0 Å². The van der Waals surface area contributed by atoms with Crippen molar-refractivity contribution >= 4 is 23.2 Å². The van der Waals surface area contributed by atoms with E-state index in [2.05, 4.69) is 0 Å². The highest BCUT2D eigenvalue weighted by molar-refractivity contribution is 5.87. The van der Waals surface area contributed by atoms with Crippen LogP contribution in [0.25, 0.3) is 11.0 Å². The molecule has 1 fully saturated rings. The standard InChI is InChI=1S/C22H31N3O4/c1-21(2,3)28-19(26)24-13-11-15(12-14-24)18-23-16-9-7-8-10-17(16)25(18)20(27)29-22(4,5)6/h7-10,15H,11-14H2,1-6H3. The quantitative estimate of drug-likeness (QED) is 0.677. The SMILES string of the molecule is CC(C)(C)OC(=O)N1CCC(c2nc3ccccc3n2C(=O)OC(C)(C)C)CC1. The van der Waals surface area contributed by atoms with Gasteiger partial charge in [0.05, 0.1) is 11.0 Å². The number of hydrogen-bond acceptors (Lipinski definition) is 5. The minimum atomic E-state index is -0.597. The van der Waals surface area contributed by atoms with Crippen molar-refractivity contribution in [2.24, 2.45) is 0 Å². The summed E-state index contributed by atoms with van der Waals surface area (Å²) in [5.41, 5.74) is 0.396. The number of likely N-dealkylation sites (tertiary alicyclic amines) is 1. The highest BCUT2D eigenvalue weighted by Gasteiger charge is 2.32. The summed E-state index contributed by atoms with van der Waals surface area (Å²) in [4.78, 5) is 31.8. The molecule has 0 N–H and O–H groups in total. The summed E-state index contributed by atoms with van der Waals surface area (Å²) in [6.45, 7) is 12.3. The maximum atomic E-state index is 12.9. The molecular formula is C22H31N3O4. The Morgan fingerprint density at radius 2 is 1.48 bits per heavy atom. The first-order valence-electron chi connectivity index (χ1n) is 10.1. The Balaban J connectivity index is 1.83. The average molecular weight is 402 g/mol. The van der Waals surface area contributed by atoms with Gasteiger partial charge in [0.25, 0.3) is 0 Å². The van der Waals surface area contributed by atoms with Crippen molar-refractivity contribution < 1.29 is 19.1 Å². The van der Waals surface area contributed by atoms with Crippen LogP contribution in [0.4, 0.5) is 9.59 Å². The van der Waals surface area contributed by atoms with Crippen LogP contribution in [-0.4, -0.2) is 50.9 Å². The van der Waals surface area contributed by atoms with E-state index in [1.807, 2.05) is 65.8 Å². The molecule has 1 saturated heterocycles. The molecule has 1 aliphatic rings. The van der Waals surface area contributed by atoms with Gasteiger partial charge in [-0.3, -0.25) is 0 Å². The predicted molar refractivity (Wildman–Crippen MR) is 111 cm³/mol. The number of aromatic nitrogens is 2. The van der Waals surface area contributed by atoms with E-state index >= 15 is 0 Å². The number of benzene rings is 1. The van der Waals surface area contributed by atoms with Crippen LogP contribution in [-0.2, 0) is 9.47 Å². The number of nitrogens with zero attached hydrogens (tertiary/aromatic N) is 3. The summed E-state index contributed by atoms with van der Waals surface area (Å²) in [6.07, 6.45) is 0.712. The van der Waals surface area contributed by atoms with E-state index in [4.69, 9.17) is 14.5 Å². The fourth-order valence-electron chi connectivity index (χ4n) is 3.46. The number of carbonyl (C=O) groups excluding carboxylic acids is 2. The summed E-state index contributed by atoms with van der Waals surface area (Å²) in [5, 5.41) is 0. The first kappa shape index (κ1) is 21.1. The van der Waals surface area contributed by atoms with Gasteiger partial charge in [0.1, 0.15) is 17.0 Å². The molecule has 3 rings (SSSR count). The van der Waals surface area contributed by atoms with Crippen molar-refractivity contribution in [1.29, 1.82) is 0 Å². The summed E-state index contributed by atoms with van der Waals surface area (Å²) < 4.78 is 12.7. The van der Waals surface area contributed by atoms with Gasteiger partial charge in [0, 0.05) is 19.0 Å². The number of fused-ring (bicyclic) bond motifs is 1. The van der Waals surface area contributed by atoms with Gasteiger partial charge in [-0.25, -0.2) is 19.1 Å². The molecule has 0 saturated carbocycles. The maximum absolute atomic E-state index is 12.9. The molecule has 0 spiro atoms. The fraction of sp³-hybridized carbons (Fsp3) is 0.591. The van der Waals surface area contributed by atoms with Crippen LogP contribution in [0.15, 0.2) is 24.3 Å². The molecule has 0 aliphatic carbocycles. The molecule has 158 valence electrons. The Morgan fingerprint density at radius 3 is 2.07 bits per heavy atom. The molecule has 1 amide bonds. The Kier molecular flexibility index (Phi) is 5.61. The number of rotatable bonds is 1. The lowest BCUT2D eigenvalue weighted by molar-refractivity contribution is 0.0199.